The Bertz CT molecular complexity index is 829. The molecule has 0 aromatic heterocycles. The number of carboxylic acids is 1. The van der Waals surface area contributed by atoms with Crippen LogP contribution in [0.5, 0.6) is 0 Å². The molecular weight excluding hydrogens is 388 g/mol. The molecule has 2 N–H and O–H groups in total. The van der Waals surface area contributed by atoms with E-state index in [0.717, 1.165) is 19.3 Å². The van der Waals surface area contributed by atoms with Gasteiger partial charge in [0.25, 0.3) is 0 Å². The van der Waals surface area contributed by atoms with Crippen LogP contribution in [-0.4, -0.2) is 46.9 Å². The van der Waals surface area contributed by atoms with Crippen molar-refractivity contribution in [2.24, 2.45) is 28.6 Å². The molecule has 4 rings (SSSR count). The van der Waals surface area contributed by atoms with E-state index in [-0.39, 0.29) is 36.8 Å². The van der Waals surface area contributed by atoms with Crippen LogP contribution >= 0.6 is 0 Å². The highest BCUT2D eigenvalue weighted by Crippen LogP contribution is 2.67. The fourth-order valence-electron chi connectivity index (χ4n) is 7.06. The molecule has 0 aromatic carbocycles. The number of hydrogen-bond acceptors (Lipinski definition) is 6. The lowest BCUT2D eigenvalue weighted by Gasteiger charge is -2.57. The first-order chi connectivity index (χ1) is 14.2. The smallest absolute Gasteiger partial charge is 0.478 e. The van der Waals surface area contributed by atoms with Crippen LogP contribution in [0.3, 0.4) is 0 Å². The number of carbonyl (C=O) groups excluding carboxylic acids is 2. The summed E-state index contributed by atoms with van der Waals surface area (Å²) in [6.45, 7) is 3.58. The molecule has 0 amide bonds. The van der Waals surface area contributed by atoms with Crippen molar-refractivity contribution in [3.8, 4) is 0 Å². The fourth-order valence-corrected chi connectivity index (χ4v) is 7.06. The van der Waals surface area contributed by atoms with Crippen molar-refractivity contribution in [2.45, 2.75) is 58.0 Å². The van der Waals surface area contributed by atoms with E-state index in [0.29, 0.717) is 24.7 Å². The minimum Gasteiger partial charge on any atom is -0.478 e. The predicted molar refractivity (Wildman–Crippen MR) is 107 cm³/mol. The van der Waals surface area contributed by atoms with Gasteiger partial charge in [-0.1, -0.05) is 25.5 Å². The molecule has 0 unspecified atom stereocenters. The topological polar surface area (TPSA) is 110 Å². The number of allylic oxidation sites excluding steroid dienone is 4. The highest BCUT2D eigenvalue weighted by molar-refractivity contribution is 6.01. The summed E-state index contributed by atoms with van der Waals surface area (Å²) in [6.07, 6.45) is 8.58. The minimum absolute atomic E-state index is 0.0436. The maximum atomic E-state index is 12.4. The summed E-state index contributed by atoms with van der Waals surface area (Å²) in [5.41, 5.74) is -1.30. The fraction of sp³-hybridized carbons (Fsp3) is 0.696. The summed E-state index contributed by atoms with van der Waals surface area (Å²) in [6, 6.07) is 0. The van der Waals surface area contributed by atoms with Crippen molar-refractivity contribution in [2.75, 3.05) is 13.2 Å². The number of rotatable bonds is 4. The van der Waals surface area contributed by atoms with Crippen molar-refractivity contribution in [1.29, 1.82) is 0 Å². The molecule has 4 aliphatic carbocycles. The Morgan fingerprint density at radius 2 is 1.90 bits per heavy atom. The first kappa shape index (κ1) is 21.1. The molecule has 0 heterocycles. The average Bonchev–Trinajstić information content (AvgIpc) is 3.00. The molecule has 7 heteroatoms. The molecule has 4 aliphatic rings. The summed E-state index contributed by atoms with van der Waals surface area (Å²) in [7, 11) is 0. The number of ketones is 1. The number of carbonyl (C=O) groups is 3. The molecule has 3 fully saturated rings. The summed E-state index contributed by atoms with van der Waals surface area (Å²) >= 11 is 0. The van der Waals surface area contributed by atoms with E-state index in [1.807, 2.05) is 13.0 Å². The van der Waals surface area contributed by atoms with Gasteiger partial charge in [-0.05, 0) is 68.4 Å². The van der Waals surface area contributed by atoms with Crippen LogP contribution in [0.25, 0.3) is 0 Å². The van der Waals surface area contributed by atoms with Gasteiger partial charge in [0.1, 0.15) is 6.61 Å². The Morgan fingerprint density at radius 3 is 2.60 bits per heavy atom. The summed E-state index contributed by atoms with van der Waals surface area (Å²) < 4.78 is 10.4. The van der Waals surface area contributed by atoms with Gasteiger partial charge in [0.2, 0.25) is 5.60 Å². The van der Waals surface area contributed by atoms with E-state index in [1.165, 1.54) is 5.57 Å². The SMILES string of the molecule is C[C@]12C=CC(=O)C=C1CC[C@@H]1[C@@H]2CC[C@@]2(C)[C@H]1CC[C@]2(OC(=O)OCCO)C(=O)O. The van der Waals surface area contributed by atoms with Crippen LogP contribution in [0.4, 0.5) is 4.79 Å². The molecule has 0 bridgehead atoms. The maximum absolute atomic E-state index is 12.4. The molecule has 164 valence electrons. The van der Waals surface area contributed by atoms with E-state index < -0.39 is 23.1 Å². The van der Waals surface area contributed by atoms with Crippen LogP contribution < -0.4 is 0 Å². The number of carboxylic acid groups (broad SMARTS) is 1. The lowest BCUT2D eigenvalue weighted by atomic mass is 9.47. The van der Waals surface area contributed by atoms with Crippen molar-refractivity contribution in [3.63, 3.8) is 0 Å². The van der Waals surface area contributed by atoms with Crippen LogP contribution in [-0.2, 0) is 19.1 Å². The van der Waals surface area contributed by atoms with Gasteiger partial charge in [0.15, 0.2) is 5.78 Å². The van der Waals surface area contributed by atoms with Crippen molar-refractivity contribution < 1.29 is 34.1 Å². The molecule has 0 radical (unpaired) electrons. The zero-order valence-electron chi connectivity index (χ0n) is 17.6. The van der Waals surface area contributed by atoms with E-state index in [1.54, 1.807) is 12.2 Å². The van der Waals surface area contributed by atoms with Crippen LogP contribution in [0.2, 0.25) is 0 Å². The Hall–Kier alpha value is -2.15. The first-order valence-electron chi connectivity index (χ1n) is 10.8. The Kier molecular flexibility index (Phi) is 5.08. The summed E-state index contributed by atoms with van der Waals surface area (Å²) in [5, 5.41) is 19.0. The Balaban J connectivity index is 1.64. The monoisotopic (exact) mass is 418 g/mol. The molecule has 6 atom stereocenters. The second kappa shape index (κ2) is 7.22. The van der Waals surface area contributed by atoms with Gasteiger partial charge in [0.05, 0.1) is 6.61 Å². The molecule has 0 aliphatic heterocycles. The lowest BCUT2D eigenvalue weighted by Crippen LogP contribution is -2.59. The largest absolute Gasteiger partial charge is 0.509 e. The van der Waals surface area contributed by atoms with Crippen LogP contribution in [0, 0.1) is 28.6 Å². The molecule has 30 heavy (non-hydrogen) atoms. The third-order valence-corrected chi connectivity index (χ3v) is 8.59. The number of aliphatic carboxylic acids is 1. The third kappa shape index (κ3) is 2.85. The number of ether oxygens (including phenoxy) is 2. The number of hydrogen-bond donors (Lipinski definition) is 2. The zero-order valence-corrected chi connectivity index (χ0v) is 17.6. The quantitative estimate of drug-likeness (QED) is 0.674. The van der Waals surface area contributed by atoms with Gasteiger partial charge in [-0.25, -0.2) is 9.59 Å². The molecule has 0 spiro atoms. The average molecular weight is 418 g/mol. The molecule has 3 saturated carbocycles. The maximum Gasteiger partial charge on any atom is 0.509 e. The van der Waals surface area contributed by atoms with Gasteiger partial charge in [-0.15, -0.1) is 0 Å². The second-order valence-corrected chi connectivity index (χ2v) is 9.65. The third-order valence-electron chi connectivity index (χ3n) is 8.59. The van der Waals surface area contributed by atoms with Gasteiger partial charge in [-0.3, -0.25) is 4.79 Å². The number of fused-ring (bicyclic) bond motifs is 5. The minimum atomic E-state index is -1.62. The van der Waals surface area contributed by atoms with Crippen LogP contribution in [0.15, 0.2) is 23.8 Å². The van der Waals surface area contributed by atoms with Crippen molar-refractivity contribution >= 4 is 17.9 Å². The van der Waals surface area contributed by atoms with Gasteiger partial charge in [-0.2, -0.15) is 0 Å². The van der Waals surface area contributed by atoms with E-state index >= 15 is 0 Å². The van der Waals surface area contributed by atoms with Gasteiger partial charge in [0, 0.05) is 10.8 Å². The molecule has 0 saturated heterocycles. The van der Waals surface area contributed by atoms with Gasteiger partial charge < -0.3 is 19.7 Å². The van der Waals surface area contributed by atoms with E-state index in [9.17, 15) is 19.5 Å². The van der Waals surface area contributed by atoms with Gasteiger partial charge >= 0.3 is 12.1 Å². The van der Waals surface area contributed by atoms with E-state index in [4.69, 9.17) is 14.6 Å². The van der Waals surface area contributed by atoms with Crippen LogP contribution in [0.1, 0.15) is 52.4 Å². The number of aliphatic hydroxyl groups is 1. The predicted octanol–water partition coefficient (Wildman–Crippen LogP) is 3.26. The zero-order chi connectivity index (χ0) is 21.7. The molecule has 0 aromatic rings. The Morgan fingerprint density at radius 1 is 1.17 bits per heavy atom. The van der Waals surface area contributed by atoms with E-state index in [2.05, 4.69) is 6.92 Å². The standard InChI is InChI=1S/C23H30O7/c1-21-8-5-15(25)13-14(21)3-4-16-17(21)6-9-22(2)18(16)7-10-23(22,19(26)27)30-20(28)29-12-11-24/h5,8,13,16-18,24H,3-4,6-7,9-12H2,1-2H3,(H,26,27)/t16-,17+,18+,21+,22+,23+/m1/s1. The summed E-state index contributed by atoms with van der Waals surface area (Å²) in [4.78, 5) is 36.5. The lowest BCUT2D eigenvalue weighted by molar-refractivity contribution is -0.185. The highest BCUT2D eigenvalue weighted by Gasteiger charge is 2.69. The second-order valence-electron chi connectivity index (χ2n) is 9.65. The van der Waals surface area contributed by atoms with Crippen molar-refractivity contribution in [1.82, 2.24) is 0 Å². The molecular formula is C23H30O7. The highest BCUT2D eigenvalue weighted by atomic mass is 16.7. The Labute approximate surface area is 176 Å². The first-order valence-corrected chi connectivity index (χ1v) is 10.8. The molecule has 7 nitrogen and oxygen atoms in total. The summed E-state index contributed by atoms with van der Waals surface area (Å²) in [5.74, 6) is -0.324. The number of aliphatic hydroxyl groups excluding tert-OH is 1. The van der Waals surface area contributed by atoms with Crippen molar-refractivity contribution in [3.05, 3.63) is 23.8 Å². The normalized spacial score (nSPS) is 41.9.